The Bertz CT molecular complexity index is 1460. The molecule has 0 aliphatic carbocycles. The second kappa shape index (κ2) is 12.5. The van der Waals surface area contributed by atoms with E-state index in [9.17, 15) is 9.59 Å². The summed E-state index contributed by atoms with van der Waals surface area (Å²) in [5.41, 5.74) is 5.43. The number of carbonyl (C=O) groups is 2. The molecule has 40 heavy (non-hydrogen) atoms. The Hall–Kier alpha value is -3.96. The first-order valence-electron chi connectivity index (χ1n) is 13.8. The van der Waals surface area contributed by atoms with E-state index < -0.39 is 5.97 Å². The SMILES string of the molecule is Cc1nc(C)c(C(=O)N2CCCC2)c(-c2cccc(Cl)c2)c1C(=O)OCCC(c1ccccc1)c1ccccc1. The summed E-state index contributed by atoms with van der Waals surface area (Å²) >= 11 is 6.37. The van der Waals surface area contributed by atoms with Crippen molar-refractivity contribution in [2.45, 2.75) is 39.0 Å². The molecule has 1 aromatic heterocycles. The molecule has 3 aromatic carbocycles. The molecule has 0 atom stereocenters. The third kappa shape index (κ3) is 5.95. The van der Waals surface area contributed by atoms with Crippen molar-refractivity contribution >= 4 is 23.5 Å². The molecule has 0 saturated carbocycles. The van der Waals surface area contributed by atoms with Crippen molar-refractivity contribution in [3.05, 3.63) is 124 Å². The molecule has 5 nitrogen and oxygen atoms in total. The quantitative estimate of drug-likeness (QED) is 0.211. The first-order chi connectivity index (χ1) is 19.4. The van der Waals surface area contributed by atoms with E-state index >= 15 is 0 Å². The summed E-state index contributed by atoms with van der Waals surface area (Å²) in [6.45, 7) is 5.22. The average molecular weight is 553 g/mol. The van der Waals surface area contributed by atoms with Crippen molar-refractivity contribution < 1.29 is 14.3 Å². The molecular weight excluding hydrogens is 520 g/mol. The molecule has 0 radical (unpaired) electrons. The van der Waals surface area contributed by atoms with Crippen LogP contribution in [-0.2, 0) is 4.74 Å². The van der Waals surface area contributed by atoms with Gasteiger partial charge in [-0.15, -0.1) is 0 Å². The maximum absolute atomic E-state index is 13.8. The standard InChI is InChI=1S/C34H33ClN2O3/c1-23-30(33(38)37-19-9-10-20-37)32(27-16-11-17-28(35)22-27)31(24(2)36-23)34(39)40-21-18-29(25-12-5-3-6-13-25)26-14-7-4-8-15-26/h3-8,11-17,22,29H,9-10,18-21H2,1-2H3. The van der Waals surface area contributed by atoms with E-state index in [-0.39, 0.29) is 18.4 Å². The van der Waals surface area contributed by atoms with Gasteiger partial charge in [0.1, 0.15) is 0 Å². The number of halogens is 1. The molecule has 4 aromatic rings. The zero-order valence-corrected chi connectivity index (χ0v) is 23.7. The minimum absolute atomic E-state index is 0.0761. The zero-order valence-electron chi connectivity index (χ0n) is 22.9. The van der Waals surface area contributed by atoms with Crippen LogP contribution in [0.1, 0.15) is 68.4 Å². The molecule has 1 saturated heterocycles. The summed E-state index contributed by atoms with van der Waals surface area (Å²) in [5, 5.41) is 0.525. The van der Waals surface area contributed by atoms with Crippen LogP contribution >= 0.6 is 11.6 Å². The second-order valence-electron chi connectivity index (χ2n) is 10.2. The van der Waals surface area contributed by atoms with Crippen LogP contribution in [0.5, 0.6) is 0 Å². The van der Waals surface area contributed by atoms with Gasteiger partial charge in [-0.3, -0.25) is 9.78 Å². The van der Waals surface area contributed by atoms with E-state index in [1.165, 1.54) is 0 Å². The fourth-order valence-corrected chi connectivity index (χ4v) is 5.80. The zero-order chi connectivity index (χ0) is 28.1. The molecule has 0 bridgehead atoms. The number of pyridine rings is 1. The van der Waals surface area contributed by atoms with E-state index in [4.69, 9.17) is 16.3 Å². The third-order valence-corrected chi connectivity index (χ3v) is 7.76. The highest BCUT2D eigenvalue weighted by Gasteiger charge is 2.30. The fourth-order valence-electron chi connectivity index (χ4n) is 5.61. The Labute approximate surface area is 240 Å². The molecular formula is C34H33ClN2O3. The van der Waals surface area contributed by atoms with Crippen LogP contribution in [0.4, 0.5) is 0 Å². The van der Waals surface area contributed by atoms with Crippen molar-refractivity contribution in [2.24, 2.45) is 0 Å². The van der Waals surface area contributed by atoms with Crippen molar-refractivity contribution in [3.8, 4) is 11.1 Å². The Morgan fingerprint density at radius 3 is 2.05 bits per heavy atom. The van der Waals surface area contributed by atoms with Gasteiger partial charge in [-0.25, -0.2) is 4.79 Å². The van der Waals surface area contributed by atoms with Crippen LogP contribution in [0, 0.1) is 13.8 Å². The van der Waals surface area contributed by atoms with Crippen molar-refractivity contribution in [2.75, 3.05) is 19.7 Å². The summed E-state index contributed by atoms with van der Waals surface area (Å²) in [4.78, 5) is 34.0. The lowest BCUT2D eigenvalue weighted by molar-refractivity contribution is 0.0495. The number of hydrogen-bond acceptors (Lipinski definition) is 4. The lowest BCUT2D eigenvalue weighted by atomic mass is 9.89. The van der Waals surface area contributed by atoms with Crippen molar-refractivity contribution in [1.29, 1.82) is 0 Å². The van der Waals surface area contributed by atoms with Gasteiger partial charge >= 0.3 is 5.97 Å². The topological polar surface area (TPSA) is 59.5 Å². The lowest BCUT2D eigenvalue weighted by Gasteiger charge is -2.23. The van der Waals surface area contributed by atoms with Gasteiger partial charge in [0, 0.05) is 29.6 Å². The van der Waals surface area contributed by atoms with Gasteiger partial charge in [0.25, 0.3) is 5.91 Å². The van der Waals surface area contributed by atoms with E-state index in [2.05, 4.69) is 29.2 Å². The Morgan fingerprint density at radius 2 is 1.45 bits per heavy atom. The molecule has 0 unspecified atom stereocenters. The highest BCUT2D eigenvalue weighted by Crippen LogP contribution is 2.35. The van der Waals surface area contributed by atoms with Gasteiger partial charge in [0.2, 0.25) is 0 Å². The van der Waals surface area contributed by atoms with Gasteiger partial charge in [0.15, 0.2) is 0 Å². The van der Waals surface area contributed by atoms with Crippen LogP contribution in [0.25, 0.3) is 11.1 Å². The molecule has 204 valence electrons. The maximum Gasteiger partial charge on any atom is 0.340 e. The average Bonchev–Trinajstić information content (AvgIpc) is 3.51. The first kappa shape index (κ1) is 27.6. The highest BCUT2D eigenvalue weighted by molar-refractivity contribution is 6.31. The number of esters is 1. The van der Waals surface area contributed by atoms with Crippen LogP contribution in [0.2, 0.25) is 5.02 Å². The van der Waals surface area contributed by atoms with Crippen molar-refractivity contribution in [1.82, 2.24) is 9.88 Å². The van der Waals surface area contributed by atoms with Crippen LogP contribution in [0.15, 0.2) is 84.9 Å². The molecule has 1 amide bonds. The molecule has 6 heteroatoms. The van der Waals surface area contributed by atoms with Crippen LogP contribution in [-0.4, -0.2) is 41.5 Å². The highest BCUT2D eigenvalue weighted by atomic mass is 35.5. The third-order valence-electron chi connectivity index (χ3n) is 7.53. The minimum Gasteiger partial charge on any atom is -0.462 e. The van der Waals surface area contributed by atoms with Crippen molar-refractivity contribution in [3.63, 3.8) is 0 Å². The molecule has 0 spiro atoms. The summed E-state index contributed by atoms with van der Waals surface area (Å²) in [7, 11) is 0. The molecule has 2 heterocycles. The number of ether oxygens (including phenoxy) is 1. The molecule has 1 aliphatic rings. The van der Waals surface area contributed by atoms with Gasteiger partial charge < -0.3 is 9.64 Å². The van der Waals surface area contributed by atoms with Gasteiger partial charge in [-0.05, 0) is 61.9 Å². The normalized spacial score (nSPS) is 13.1. The number of likely N-dealkylation sites (tertiary alicyclic amines) is 1. The number of aryl methyl sites for hydroxylation is 2. The number of amides is 1. The van der Waals surface area contributed by atoms with Crippen LogP contribution in [0.3, 0.4) is 0 Å². The molecule has 1 aliphatic heterocycles. The number of rotatable bonds is 8. The first-order valence-corrected chi connectivity index (χ1v) is 14.1. The van der Waals surface area contributed by atoms with E-state index in [1.54, 1.807) is 19.1 Å². The minimum atomic E-state index is -0.490. The Kier molecular flexibility index (Phi) is 8.61. The molecule has 0 N–H and O–H groups in total. The summed E-state index contributed by atoms with van der Waals surface area (Å²) in [6, 6.07) is 27.7. The monoisotopic (exact) mass is 552 g/mol. The van der Waals surface area contributed by atoms with Gasteiger partial charge in [-0.1, -0.05) is 84.4 Å². The lowest BCUT2D eigenvalue weighted by Crippen LogP contribution is -2.30. The van der Waals surface area contributed by atoms with Gasteiger partial charge in [0.05, 0.1) is 29.1 Å². The predicted molar refractivity (Wildman–Crippen MR) is 159 cm³/mol. The van der Waals surface area contributed by atoms with Gasteiger partial charge in [-0.2, -0.15) is 0 Å². The van der Waals surface area contributed by atoms with E-state index in [0.29, 0.717) is 58.2 Å². The predicted octanol–water partition coefficient (Wildman–Crippen LogP) is 7.63. The number of nitrogens with zero attached hydrogens (tertiary/aromatic N) is 2. The second-order valence-corrected chi connectivity index (χ2v) is 10.7. The summed E-state index contributed by atoms with van der Waals surface area (Å²) < 4.78 is 5.94. The Balaban J connectivity index is 1.49. The maximum atomic E-state index is 13.8. The largest absolute Gasteiger partial charge is 0.462 e. The van der Waals surface area contributed by atoms with E-state index in [0.717, 1.165) is 24.0 Å². The summed E-state index contributed by atoms with van der Waals surface area (Å²) in [6.07, 6.45) is 2.55. The smallest absolute Gasteiger partial charge is 0.340 e. The number of hydrogen-bond donors (Lipinski definition) is 0. The summed E-state index contributed by atoms with van der Waals surface area (Å²) in [5.74, 6) is -0.526. The number of carbonyl (C=O) groups excluding carboxylic acids is 2. The number of aromatic nitrogens is 1. The van der Waals surface area contributed by atoms with E-state index in [1.807, 2.05) is 60.4 Å². The Morgan fingerprint density at radius 1 is 0.850 bits per heavy atom. The molecule has 1 fully saturated rings. The fraction of sp³-hybridized carbons (Fsp3) is 0.265. The number of benzene rings is 3. The molecule has 5 rings (SSSR count). The van der Waals surface area contributed by atoms with Crippen LogP contribution < -0.4 is 0 Å².